The summed E-state index contributed by atoms with van der Waals surface area (Å²) in [6, 6.07) is 24.2. The minimum Gasteiger partial charge on any atom is -0.345 e. The van der Waals surface area contributed by atoms with E-state index in [1.165, 1.54) is 17.3 Å². The number of nitrogens with zero attached hydrogens (tertiary/aromatic N) is 3. The highest BCUT2D eigenvalue weighted by molar-refractivity contribution is 8.19. The molecule has 0 spiro atoms. The number of fused-ring (bicyclic) bond motifs is 1. The highest BCUT2D eigenvalue weighted by atomic mass is 32.2. The zero-order valence-corrected chi connectivity index (χ0v) is 20.3. The van der Waals surface area contributed by atoms with E-state index in [1.807, 2.05) is 54.6 Å². The standard InChI is InChI=1S/C28H26N4OS/c1-28(2,3)21-12-9-19(10-13-21)17-29-27-32(22-7-5-4-6-8-22)26(33)25(34-27)16-20-11-14-23-24(15-20)31-18-30-23/h4-16,18H,17H2,1-3H3,(H,30,31). The third-order valence-electron chi connectivity index (χ3n) is 5.78. The van der Waals surface area contributed by atoms with Gasteiger partial charge in [0.25, 0.3) is 5.91 Å². The Kier molecular flexibility index (Phi) is 5.84. The number of benzene rings is 3. The molecule has 1 saturated heterocycles. The second kappa shape index (κ2) is 8.95. The second-order valence-corrected chi connectivity index (χ2v) is 10.3. The molecular formula is C28H26N4OS. The predicted octanol–water partition coefficient (Wildman–Crippen LogP) is 6.54. The molecule has 0 radical (unpaired) electrons. The van der Waals surface area contributed by atoms with Crippen LogP contribution in [0.4, 0.5) is 5.69 Å². The normalized spacial score (nSPS) is 16.8. The first-order valence-electron chi connectivity index (χ1n) is 11.2. The lowest BCUT2D eigenvalue weighted by Gasteiger charge is -2.19. The van der Waals surface area contributed by atoms with Crippen LogP contribution in [0.15, 0.2) is 89.0 Å². The quantitative estimate of drug-likeness (QED) is 0.348. The summed E-state index contributed by atoms with van der Waals surface area (Å²) in [5, 5.41) is 0.684. The van der Waals surface area contributed by atoms with Gasteiger partial charge in [0.2, 0.25) is 0 Å². The van der Waals surface area contributed by atoms with Gasteiger partial charge in [-0.05, 0) is 64.2 Å². The SMILES string of the molecule is CC(C)(C)c1ccc(CN=C2SC(=Cc3ccc4[nH]cnc4c3)C(=O)N2c2ccccc2)cc1. The molecule has 1 aromatic heterocycles. The number of thioether (sulfide) groups is 1. The summed E-state index contributed by atoms with van der Waals surface area (Å²) in [7, 11) is 0. The van der Waals surface area contributed by atoms with E-state index in [2.05, 4.69) is 55.0 Å². The molecule has 4 aromatic rings. The number of amides is 1. The Hall–Kier alpha value is -3.64. The van der Waals surface area contributed by atoms with Crippen molar-refractivity contribution in [3.8, 4) is 0 Å². The Labute approximate surface area is 203 Å². The van der Waals surface area contributed by atoms with E-state index in [9.17, 15) is 4.79 Å². The van der Waals surface area contributed by atoms with Gasteiger partial charge in [-0.2, -0.15) is 0 Å². The molecule has 1 aliphatic rings. The van der Waals surface area contributed by atoms with Crippen molar-refractivity contribution >= 4 is 45.6 Å². The average Bonchev–Trinajstić information content (AvgIpc) is 3.42. The number of amidine groups is 1. The van der Waals surface area contributed by atoms with E-state index in [-0.39, 0.29) is 11.3 Å². The molecule has 1 fully saturated rings. The molecule has 170 valence electrons. The molecule has 0 bridgehead atoms. The Morgan fingerprint density at radius 3 is 2.53 bits per heavy atom. The number of nitrogens with one attached hydrogen (secondary N) is 1. The van der Waals surface area contributed by atoms with Crippen LogP contribution in [0.1, 0.15) is 37.5 Å². The van der Waals surface area contributed by atoms with Gasteiger partial charge < -0.3 is 4.98 Å². The van der Waals surface area contributed by atoms with Crippen LogP contribution in [0.5, 0.6) is 0 Å². The van der Waals surface area contributed by atoms with Crippen LogP contribution in [-0.4, -0.2) is 21.0 Å². The Balaban J connectivity index is 1.46. The lowest BCUT2D eigenvalue weighted by molar-refractivity contribution is -0.113. The number of carbonyl (C=O) groups is 1. The summed E-state index contributed by atoms with van der Waals surface area (Å²) in [5.74, 6) is -0.0693. The molecule has 5 nitrogen and oxygen atoms in total. The molecular weight excluding hydrogens is 440 g/mol. The van der Waals surface area contributed by atoms with E-state index in [0.29, 0.717) is 16.6 Å². The highest BCUT2D eigenvalue weighted by Crippen LogP contribution is 2.36. The van der Waals surface area contributed by atoms with Crippen LogP contribution >= 0.6 is 11.8 Å². The number of hydrogen-bond donors (Lipinski definition) is 1. The first kappa shape index (κ1) is 22.2. The number of carbonyl (C=O) groups excluding carboxylic acids is 1. The fourth-order valence-electron chi connectivity index (χ4n) is 3.84. The van der Waals surface area contributed by atoms with Crippen LogP contribution in [0, 0.1) is 0 Å². The summed E-state index contributed by atoms with van der Waals surface area (Å²) < 4.78 is 0. The van der Waals surface area contributed by atoms with Gasteiger partial charge in [-0.25, -0.2) is 4.98 Å². The van der Waals surface area contributed by atoms with Crippen molar-refractivity contribution in [3.63, 3.8) is 0 Å². The number of aliphatic imine (C=N–C) groups is 1. The van der Waals surface area contributed by atoms with Crippen LogP contribution in [0.25, 0.3) is 17.1 Å². The number of imidazole rings is 1. The van der Waals surface area contributed by atoms with E-state index < -0.39 is 0 Å². The molecule has 34 heavy (non-hydrogen) atoms. The summed E-state index contributed by atoms with van der Waals surface area (Å²) in [4.78, 5) is 28.1. The Morgan fingerprint density at radius 2 is 1.79 bits per heavy atom. The molecule has 1 amide bonds. The Bertz CT molecular complexity index is 1400. The fraction of sp³-hybridized carbons (Fsp3) is 0.179. The minimum absolute atomic E-state index is 0.0693. The first-order valence-corrected chi connectivity index (χ1v) is 12.1. The molecule has 2 heterocycles. The smallest absolute Gasteiger partial charge is 0.271 e. The zero-order valence-electron chi connectivity index (χ0n) is 19.4. The van der Waals surface area contributed by atoms with E-state index in [0.717, 1.165) is 27.8 Å². The van der Waals surface area contributed by atoms with Crippen molar-refractivity contribution < 1.29 is 4.79 Å². The van der Waals surface area contributed by atoms with Gasteiger partial charge in [0.1, 0.15) is 0 Å². The molecule has 1 aliphatic heterocycles. The number of rotatable bonds is 4. The van der Waals surface area contributed by atoms with Gasteiger partial charge >= 0.3 is 0 Å². The van der Waals surface area contributed by atoms with Gasteiger partial charge in [-0.1, -0.05) is 69.3 Å². The van der Waals surface area contributed by atoms with E-state index >= 15 is 0 Å². The molecule has 5 rings (SSSR count). The second-order valence-electron chi connectivity index (χ2n) is 9.31. The van der Waals surface area contributed by atoms with Crippen LogP contribution in [-0.2, 0) is 16.8 Å². The van der Waals surface area contributed by atoms with Crippen molar-refractivity contribution in [2.75, 3.05) is 4.90 Å². The monoisotopic (exact) mass is 466 g/mol. The third kappa shape index (κ3) is 4.54. The van der Waals surface area contributed by atoms with Crippen LogP contribution in [0.2, 0.25) is 0 Å². The Morgan fingerprint density at radius 1 is 1.03 bits per heavy atom. The summed E-state index contributed by atoms with van der Waals surface area (Å²) in [5.41, 5.74) is 6.11. The maximum atomic E-state index is 13.4. The molecule has 0 saturated carbocycles. The molecule has 0 atom stereocenters. The van der Waals surface area contributed by atoms with Gasteiger partial charge in [0.05, 0.1) is 34.5 Å². The van der Waals surface area contributed by atoms with Gasteiger partial charge in [0.15, 0.2) is 5.17 Å². The van der Waals surface area contributed by atoms with Gasteiger partial charge in [-0.3, -0.25) is 14.7 Å². The predicted molar refractivity (Wildman–Crippen MR) is 142 cm³/mol. The third-order valence-corrected chi connectivity index (χ3v) is 6.79. The minimum atomic E-state index is -0.0693. The van der Waals surface area contributed by atoms with Crippen molar-refractivity contribution in [1.29, 1.82) is 0 Å². The lowest BCUT2D eigenvalue weighted by Crippen LogP contribution is -2.28. The summed E-state index contributed by atoms with van der Waals surface area (Å²) in [6.45, 7) is 7.13. The number of anilines is 1. The lowest BCUT2D eigenvalue weighted by atomic mass is 9.87. The molecule has 6 heteroatoms. The van der Waals surface area contributed by atoms with Gasteiger partial charge in [-0.15, -0.1) is 0 Å². The van der Waals surface area contributed by atoms with Crippen molar-refractivity contribution in [2.45, 2.75) is 32.7 Å². The average molecular weight is 467 g/mol. The number of aromatic nitrogens is 2. The summed E-state index contributed by atoms with van der Waals surface area (Å²) >= 11 is 1.41. The molecule has 3 aromatic carbocycles. The number of aromatic amines is 1. The van der Waals surface area contributed by atoms with Crippen LogP contribution in [0.3, 0.4) is 0 Å². The maximum Gasteiger partial charge on any atom is 0.271 e. The molecule has 0 unspecified atom stereocenters. The van der Waals surface area contributed by atoms with Crippen LogP contribution < -0.4 is 4.90 Å². The maximum absolute atomic E-state index is 13.4. The van der Waals surface area contributed by atoms with Crippen molar-refractivity contribution in [1.82, 2.24) is 9.97 Å². The van der Waals surface area contributed by atoms with E-state index in [4.69, 9.17) is 4.99 Å². The van der Waals surface area contributed by atoms with E-state index in [1.54, 1.807) is 11.2 Å². The molecule has 1 N–H and O–H groups in total. The number of para-hydroxylation sites is 1. The highest BCUT2D eigenvalue weighted by Gasteiger charge is 2.34. The van der Waals surface area contributed by atoms with Crippen molar-refractivity contribution in [3.05, 3.63) is 101 Å². The summed E-state index contributed by atoms with van der Waals surface area (Å²) in [6.07, 6.45) is 3.59. The van der Waals surface area contributed by atoms with Crippen molar-refractivity contribution in [2.24, 2.45) is 4.99 Å². The fourth-order valence-corrected chi connectivity index (χ4v) is 4.82. The van der Waals surface area contributed by atoms with Gasteiger partial charge in [0, 0.05) is 0 Å². The molecule has 0 aliphatic carbocycles. The number of H-pyrrole nitrogens is 1. The first-order chi connectivity index (χ1) is 16.4. The largest absolute Gasteiger partial charge is 0.345 e. The zero-order chi connectivity index (χ0) is 23.7. The topological polar surface area (TPSA) is 61.4 Å². The number of hydrogen-bond acceptors (Lipinski definition) is 4.